The number of carbonyl (C=O) groups excluding carboxylic acids is 2. The summed E-state index contributed by atoms with van der Waals surface area (Å²) in [6, 6.07) is 17.1. The molecule has 2 aromatic carbocycles. The fourth-order valence-corrected chi connectivity index (χ4v) is 5.24. The van der Waals surface area contributed by atoms with Gasteiger partial charge < -0.3 is 25.5 Å². The normalized spacial score (nSPS) is 15.9. The molecule has 1 aliphatic heterocycles. The van der Waals surface area contributed by atoms with Gasteiger partial charge in [0.2, 0.25) is 5.91 Å². The predicted molar refractivity (Wildman–Crippen MR) is 150 cm³/mol. The van der Waals surface area contributed by atoms with E-state index in [0.29, 0.717) is 61.8 Å². The van der Waals surface area contributed by atoms with Gasteiger partial charge in [0.05, 0.1) is 36.4 Å². The molecular formula is C31H32N4O4. The van der Waals surface area contributed by atoms with E-state index in [1.807, 2.05) is 53.4 Å². The summed E-state index contributed by atoms with van der Waals surface area (Å²) in [7, 11) is 0. The van der Waals surface area contributed by atoms with Crippen LogP contribution in [0.4, 0.5) is 5.82 Å². The minimum Gasteiger partial charge on any atom is -0.507 e. The zero-order valence-corrected chi connectivity index (χ0v) is 21.7. The van der Waals surface area contributed by atoms with Crippen LogP contribution in [0.15, 0.2) is 60.8 Å². The van der Waals surface area contributed by atoms with Gasteiger partial charge in [-0.3, -0.25) is 9.59 Å². The second kappa shape index (κ2) is 10.4. The maximum Gasteiger partial charge on any atom is 0.309 e. The molecule has 0 spiro atoms. The highest BCUT2D eigenvalue weighted by atomic mass is 16.5. The number of nitrogens with one attached hydrogen (secondary N) is 1. The fourth-order valence-electron chi connectivity index (χ4n) is 5.24. The van der Waals surface area contributed by atoms with E-state index in [-0.39, 0.29) is 23.5 Å². The Morgan fingerprint density at radius 3 is 2.51 bits per heavy atom. The van der Waals surface area contributed by atoms with E-state index in [4.69, 9.17) is 10.5 Å². The first kappa shape index (κ1) is 25.0. The van der Waals surface area contributed by atoms with E-state index in [1.165, 1.54) is 0 Å². The lowest BCUT2D eigenvalue weighted by Crippen LogP contribution is -2.41. The Hall–Kier alpha value is -4.33. The van der Waals surface area contributed by atoms with Crippen LogP contribution < -0.4 is 5.73 Å². The molecule has 1 saturated heterocycles. The SMILES string of the molecule is Nc1cc2cc(-c3cccc(-c4ccc(CC(=O)N5CCC(C(=O)OCC6CC6)CC5)cc4)c3O)[nH]c2cn1. The van der Waals surface area contributed by atoms with Gasteiger partial charge in [-0.1, -0.05) is 36.4 Å². The summed E-state index contributed by atoms with van der Waals surface area (Å²) in [5.41, 5.74) is 10.6. The number of para-hydroxylation sites is 1. The number of nitrogens with zero attached hydrogens (tertiary/aromatic N) is 2. The topological polar surface area (TPSA) is 122 Å². The highest BCUT2D eigenvalue weighted by molar-refractivity contribution is 5.90. The molecule has 39 heavy (non-hydrogen) atoms. The highest BCUT2D eigenvalue weighted by Crippen LogP contribution is 2.38. The molecule has 0 atom stereocenters. The molecule has 200 valence electrons. The number of phenols is 1. The third kappa shape index (κ3) is 5.46. The Kier molecular flexibility index (Phi) is 6.69. The van der Waals surface area contributed by atoms with E-state index in [1.54, 1.807) is 12.3 Å². The van der Waals surface area contributed by atoms with Gasteiger partial charge in [-0.2, -0.15) is 0 Å². The van der Waals surface area contributed by atoms with Crippen molar-refractivity contribution in [3.63, 3.8) is 0 Å². The number of amides is 1. The number of ether oxygens (including phenoxy) is 1. The van der Waals surface area contributed by atoms with Crippen LogP contribution in [-0.4, -0.2) is 51.5 Å². The third-order valence-corrected chi connectivity index (χ3v) is 7.81. The van der Waals surface area contributed by atoms with E-state index < -0.39 is 0 Å². The van der Waals surface area contributed by atoms with Crippen molar-refractivity contribution < 1.29 is 19.4 Å². The van der Waals surface area contributed by atoms with Gasteiger partial charge in [0.25, 0.3) is 0 Å². The number of aromatic nitrogens is 2. The van der Waals surface area contributed by atoms with Crippen molar-refractivity contribution in [2.24, 2.45) is 11.8 Å². The monoisotopic (exact) mass is 524 g/mol. The number of nitrogen functional groups attached to an aromatic ring is 1. The van der Waals surface area contributed by atoms with Gasteiger partial charge in [-0.25, -0.2) is 4.98 Å². The summed E-state index contributed by atoms with van der Waals surface area (Å²) in [6.45, 7) is 1.71. The Balaban J connectivity index is 1.09. The quantitative estimate of drug-likeness (QED) is 0.295. The molecule has 1 aliphatic carbocycles. The van der Waals surface area contributed by atoms with E-state index >= 15 is 0 Å². The summed E-state index contributed by atoms with van der Waals surface area (Å²) < 4.78 is 5.43. The summed E-state index contributed by atoms with van der Waals surface area (Å²) >= 11 is 0. The number of aromatic amines is 1. The number of likely N-dealkylation sites (tertiary alicyclic amines) is 1. The van der Waals surface area contributed by atoms with Gasteiger partial charge in [0.1, 0.15) is 11.6 Å². The van der Waals surface area contributed by atoms with E-state index in [2.05, 4.69) is 9.97 Å². The number of rotatable bonds is 7. The third-order valence-electron chi connectivity index (χ3n) is 7.81. The fraction of sp³-hybridized carbons (Fsp3) is 0.323. The Labute approximate surface area is 226 Å². The smallest absolute Gasteiger partial charge is 0.309 e. The minimum absolute atomic E-state index is 0.0614. The lowest BCUT2D eigenvalue weighted by atomic mass is 9.96. The molecule has 8 heteroatoms. The number of phenolic OH excluding ortho intramolecular Hbond substituents is 1. The summed E-state index contributed by atoms with van der Waals surface area (Å²) in [5.74, 6) is 1.03. The Morgan fingerprint density at radius 1 is 1.03 bits per heavy atom. The second-order valence-corrected chi connectivity index (χ2v) is 10.7. The number of benzene rings is 2. The zero-order valence-electron chi connectivity index (χ0n) is 21.7. The van der Waals surface area contributed by atoms with Gasteiger partial charge in [0, 0.05) is 29.6 Å². The number of piperidine rings is 1. The van der Waals surface area contributed by atoms with Crippen LogP contribution >= 0.6 is 0 Å². The maximum atomic E-state index is 12.9. The number of fused-ring (bicyclic) bond motifs is 1. The van der Waals surface area contributed by atoms with Gasteiger partial charge in [0.15, 0.2) is 0 Å². The van der Waals surface area contributed by atoms with Crippen molar-refractivity contribution in [3.8, 4) is 28.1 Å². The molecule has 0 radical (unpaired) electrons. The van der Waals surface area contributed by atoms with Crippen molar-refractivity contribution in [2.75, 3.05) is 25.4 Å². The molecule has 1 saturated carbocycles. The Morgan fingerprint density at radius 2 is 1.77 bits per heavy atom. The van der Waals surface area contributed by atoms with Crippen LogP contribution in [0.3, 0.4) is 0 Å². The van der Waals surface area contributed by atoms with Crippen molar-refractivity contribution in [1.29, 1.82) is 0 Å². The minimum atomic E-state index is -0.108. The number of hydrogen-bond donors (Lipinski definition) is 3. The molecule has 0 unspecified atom stereocenters. The Bertz CT molecular complexity index is 1520. The molecule has 0 bridgehead atoms. The van der Waals surface area contributed by atoms with Crippen LogP contribution in [-0.2, 0) is 20.7 Å². The van der Waals surface area contributed by atoms with Gasteiger partial charge >= 0.3 is 5.97 Å². The number of pyridine rings is 1. The average Bonchev–Trinajstić information content (AvgIpc) is 3.69. The lowest BCUT2D eigenvalue weighted by molar-refractivity contribution is -0.152. The van der Waals surface area contributed by atoms with E-state index in [9.17, 15) is 14.7 Å². The summed E-state index contributed by atoms with van der Waals surface area (Å²) in [6.07, 6.45) is 5.62. The van der Waals surface area contributed by atoms with Crippen molar-refractivity contribution in [2.45, 2.75) is 32.1 Å². The average molecular weight is 525 g/mol. The van der Waals surface area contributed by atoms with Crippen molar-refractivity contribution in [3.05, 3.63) is 66.4 Å². The molecule has 2 fully saturated rings. The first-order chi connectivity index (χ1) is 18.9. The van der Waals surface area contributed by atoms with Crippen LogP contribution in [0, 0.1) is 11.8 Å². The number of H-pyrrole nitrogens is 1. The van der Waals surface area contributed by atoms with Crippen LogP contribution in [0.1, 0.15) is 31.2 Å². The first-order valence-corrected chi connectivity index (χ1v) is 13.5. The second-order valence-electron chi connectivity index (χ2n) is 10.7. The number of aromatic hydroxyl groups is 1. The largest absolute Gasteiger partial charge is 0.507 e. The number of hydrogen-bond acceptors (Lipinski definition) is 6. The molecule has 4 aromatic rings. The van der Waals surface area contributed by atoms with Crippen LogP contribution in [0.5, 0.6) is 5.75 Å². The standard InChI is InChI=1S/C31H32N4O4/c32-28-16-23-15-26(34-27(23)17-33-28)25-3-1-2-24(30(25)37)21-8-6-19(7-9-21)14-29(36)35-12-10-22(11-13-35)31(38)39-18-20-4-5-20/h1-3,6-9,15-17,20,22,34,37H,4-5,10-14,18H2,(H2,32,33). The summed E-state index contributed by atoms with van der Waals surface area (Å²) in [4.78, 5) is 34.5. The number of anilines is 1. The highest BCUT2D eigenvalue weighted by Gasteiger charge is 2.30. The molecule has 2 aliphatic rings. The first-order valence-electron chi connectivity index (χ1n) is 13.5. The van der Waals surface area contributed by atoms with Crippen molar-refractivity contribution in [1.82, 2.24) is 14.9 Å². The maximum absolute atomic E-state index is 12.9. The van der Waals surface area contributed by atoms with Gasteiger partial charge in [-0.05, 0) is 60.9 Å². The lowest BCUT2D eigenvalue weighted by Gasteiger charge is -2.31. The molecular weight excluding hydrogens is 492 g/mol. The van der Waals surface area contributed by atoms with E-state index in [0.717, 1.165) is 40.6 Å². The van der Waals surface area contributed by atoms with Crippen molar-refractivity contribution >= 4 is 28.6 Å². The number of nitrogens with two attached hydrogens (primary N) is 1. The number of esters is 1. The molecule has 6 rings (SSSR count). The molecule has 3 heterocycles. The molecule has 1 amide bonds. The number of carbonyl (C=O) groups is 2. The summed E-state index contributed by atoms with van der Waals surface area (Å²) in [5, 5.41) is 12.1. The predicted octanol–water partition coefficient (Wildman–Crippen LogP) is 4.92. The van der Waals surface area contributed by atoms with Crippen LogP contribution in [0.2, 0.25) is 0 Å². The molecule has 2 aromatic heterocycles. The zero-order chi connectivity index (χ0) is 26.9. The van der Waals surface area contributed by atoms with Crippen LogP contribution in [0.25, 0.3) is 33.3 Å². The molecule has 4 N–H and O–H groups in total. The molecule has 8 nitrogen and oxygen atoms in total. The van der Waals surface area contributed by atoms with Gasteiger partial charge in [-0.15, -0.1) is 0 Å².